The lowest BCUT2D eigenvalue weighted by molar-refractivity contribution is -0.141. The van der Waals surface area contributed by atoms with E-state index in [4.69, 9.17) is 4.74 Å². The fourth-order valence-electron chi connectivity index (χ4n) is 3.34. The van der Waals surface area contributed by atoms with E-state index in [0.717, 1.165) is 22.4 Å². The first-order valence-electron chi connectivity index (χ1n) is 10.1. The topological polar surface area (TPSA) is 58.6 Å². The molecule has 0 bridgehead atoms. The van der Waals surface area contributed by atoms with Crippen molar-refractivity contribution in [2.45, 2.75) is 59.2 Å². The third-order valence-electron chi connectivity index (χ3n) is 4.91. The monoisotopic (exact) mass is 396 g/mol. The Morgan fingerprint density at radius 1 is 1.10 bits per heavy atom. The van der Waals surface area contributed by atoms with Crippen LogP contribution in [0.3, 0.4) is 0 Å². The first kappa shape index (κ1) is 22.5. The maximum Gasteiger partial charge on any atom is 0.243 e. The zero-order chi connectivity index (χ0) is 21.4. The van der Waals surface area contributed by atoms with Gasteiger partial charge in [0, 0.05) is 12.6 Å². The summed E-state index contributed by atoms with van der Waals surface area (Å²) in [7, 11) is 1.62. The van der Waals surface area contributed by atoms with Crippen LogP contribution in [0.15, 0.2) is 48.5 Å². The number of amides is 2. The van der Waals surface area contributed by atoms with Gasteiger partial charge in [-0.2, -0.15) is 0 Å². The van der Waals surface area contributed by atoms with Crippen LogP contribution < -0.4 is 10.1 Å². The Morgan fingerprint density at radius 3 is 2.45 bits per heavy atom. The van der Waals surface area contributed by atoms with Gasteiger partial charge in [0.2, 0.25) is 11.8 Å². The van der Waals surface area contributed by atoms with Crippen molar-refractivity contribution in [1.82, 2.24) is 10.2 Å². The van der Waals surface area contributed by atoms with E-state index in [1.54, 1.807) is 12.0 Å². The average Bonchev–Trinajstić information content (AvgIpc) is 2.69. The number of nitrogens with zero attached hydrogens (tertiary/aromatic N) is 1. The number of rotatable bonds is 9. The summed E-state index contributed by atoms with van der Waals surface area (Å²) < 4.78 is 5.31. The number of carbonyl (C=O) groups excluding carboxylic acids is 2. The number of methoxy groups -OCH3 is 1. The van der Waals surface area contributed by atoms with E-state index < -0.39 is 6.04 Å². The summed E-state index contributed by atoms with van der Waals surface area (Å²) in [6.07, 6.45) is 0.810. The first-order chi connectivity index (χ1) is 13.8. The molecule has 5 heteroatoms. The van der Waals surface area contributed by atoms with Crippen LogP contribution in [-0.4, -0.2) is 35.9 Å². The Kier molecular flexibility index (Phi) is 8.25. The summed E-state index contributed by atoms with van der Waals surface area (Å²) in [5.74, 6) is 0.546. The molecule has 0 spiro atoms. The van der Waals surface area contributed by atoms with Gasteiger partial charge in [-0.25, -0.2) is 0 Å². The van der Waals surface area contributed by atoms with Gasteiger partial charge in [-0.05, 0) is 56.0 Å². The minimum absolute atomic E-state index is 0.0155. The van der Waals surface area contributed by atoms with E-state index in [1.165, 1.54) is 0 Å². The van der Waals surface area contributed by atoms with E-state index in [2.05, 4.69) is 5.32 Å². The summed E-state index contributed by atoms with van der Waals surface area (Å²) in [5, 5.41) is 2.96. The predicted molar refractivity (Wildman–Crippen MR) is 116 cm³/mol. The number of hydrogen-bond acceptors (Lipinski definition) is 3. The van der Waals surface area contributed by atoms with E-state index in [0.29, 0.717) is 13.0 Å². The third-order valence-corrected chi connectivity index (χ3v) is 4.91. The van der Waals surface area contributed by atoms with Crippen molar-refractivity contribution in [1.29, 1.82) is 0 Å². The van der Waals surface area contributed by atoms with Crippen molar-refractivity contribution in [3.05, 3.63) is 65.2 Å². The molecular weight excluding hydrogens is 364 g/mol. The van der Waals surface area contributed by atoms with Crippen molar-refractivity contribution in [3.8, 4) is 5.75 Å². The largest absolute Gasteiger partial charge is 0.497 e. The molecule has 156 valence electrons. The molecule has 1 unspecified atom stereocenters. The van der Waals surface area contributed by atoms with Crippen molar-refractivity contribution < 1.29 is 14.3 Å². The number of carbonyl (C=O) groups is 2. The number of aryl methyl sites for hydroxylation is 1. The normalized spacial score (nSPS) is 11.8. The second kappa shape index (κ2) is 10.6. The van der Waals surface area contributed by atoms with Crippen molar-refractivity contribution in [2.75, 3.05) is 7.11 Å². The van der Waals surface area contributed by atoms with E-state index in [1.807, 2.05) is 76.2 Å². The lowest BCUT2D eigenvalue weighted by Crippen LogP contribution is -2.50. The maximum absolute atomic E-state index is 13.3. The summed E-state index contributed by atoms with van der Waals surface area (Å²) in [6, 6.07) is 15.0. The highest BCUT2D eigenvalue weighted by Gasteiger charge is 2.29. The molecule has 0 radical (unpaired) electrons. The minimum atomic E-state index is -0.528. The van der Waals surface area contributed by atoms with Crippen LogP contribution in [0.5, 0.6) is 5.75 Å². The maximum atomic E-state index is 13.3. The third kappa shape index (κ3) is 6.34. The number of hydrogen-bond donors (Lipinski definition) is 1. The molecule has 2 aromatic rings. The first-order valence-corrected chi connectivity index (χ1v) is 10.1. The number of nitrogens with one attached hydrogen (secondary N) is 1. The molecule has 0 aliphatic heterocycles. The van der Waals surface area contributed by atoms with Crippen LogP contribution in [0.4, 0.5) is 0 Å². The van der Waals surface area contributed by atoms with Crippen LogP contribution in [0.2, 0.25) is 0 Å². The summed E-state index contributed by atoms with van der Waals surface area (Å²) in [5.41, 5.74) is 2.98. The van der Waals surface area contributed by atoms with Crippen LogP contribution in [0, 0.1) is 6.92 Å². The summed E-state index contributed by atoms with van der Waals surface area (Å²) >= 11 is 0. The summed E-state index contributed by atoms with van der Waals surface area (Å²) in [4.78, 5) is 27.9. The quantitative estimate of drug-likeness (QED) is 0.700. The highest BCUT2D eigenvalue weighted by atomic mass is 16.5. The number of benzene rings is 2. The van der Waals surface area contributed by atoms with E-state index >= 15 is 0 Å². The SMILES string of the molecule is CCC(C(=O)NC(C)C)N(Cc1cccc(OC)c1)C(=O)Cc1ccccc1C. The van der Waals surface area contributed by atoms with Gasteiger partial charge in [-0.1, -0.05) is 43.3 Å². The molecule has 1 atom stereocenters. The highest BCUT2D eigenvalue weighted by Crippen LogP contribution is 2.19. The van der Waals surface area contributed by atoms with Crippen molar-refractivity contribution in [3.63, 3.8) is 0 Å². The van der Waals surface area contributed by atoms with Gasteiger partial charge in [-0.3, -0.25) is 9.59 Å². The van der Waals surface area contributed by atoms with Gasteiger partial charge in [0.15, 0.2) is 0 Å². The minimum Gasteiger partial charge on any atom is -0.497 e. The predicted octanol–water partition coefficient (Wildman–Crippen LogP) is 3.88. The number of ether oxygens (including phenoxy) is 1. The Balaban J connectivity index is 2.33. The molecule has 2 aromatic carbocycles. The second-order valence-electron chi connectivity index (χ2n) is 7.56. The van der Waals surface area contributed by atoms with Crippen LogP contribution in [-0.2, 0) is 22.6 Å². The highest BCUT2D eigenvalue weighted by molar-refractivity contribution is 5.88. The van der Waals surface area contributed by atoms with Crippen molar-refractivity contribution >= 4 is 11.8 Å². The van der Waals surface area contributed by atoms with Gasteiger partial charge >= 0.3 is 0 Å². The Hall–Kier alpha value is -2.82. The lowest BCUT2D eigenvalue weighted by Gasteiger charge is -2.31. The van der Waals surface area contributed by atoms with Crippen LogP contribution in [0.25, 0.3) is 0 Å². The molecule has 0 saturated heterocycles. The molecule has 2 amide bonds. The van der Waals surface area contributed by atoms with Crippen LogP contribution >= 0.6 is 0 Å². The summed E-state index contributed by atoms with van der Waals surface area (Å²) in [6.45, 7) is 8.13. The van der Waals surface area contributed by atoms with Gasteiger partial charge < -0.3 is 15.0 Å². The van der Waals surface area contributed by atoms with Crippen LogP contribution in [0.1, 0.15) is 43.9 Å². The lowest BCUT2D eigenvalue weighted by atomic mass is 10.0. The molecule has 0 aliphatic rings. The standard InChI is InChI=1S/C24H32N2O3/c1-6-22(24(28)25-17(2)3)26(16-19-11-9-13-21(14-19)29-5)23(27)15-20-12-8-7-10-18(20)4/h7-14,17,22H,6,15-16H2,1-5H3,(H,25,28). The Bertz CT molecular complexity index is 832. The zero-order valence-electron chi connectivity index (χ0n) is 18.1. The molecular formula is C24H32N2O3. The van der Waals surface area contributed by atoms with Gasteiger partial charge in [0.05, 0.1) is 13.5 Å². The Morgan fingerprint density at radius 2 is 1.83 bits per heavy atom. The smallest absolute Gasteiger partial charge is 0.243 e. The fourth-order valence-corrected chi connectivity index (χ4v) is 3.34. The molecule has 0 saturated carbocycles. The molecule has 29 heavy (non-hydrogen) atoms. The van der Waals surface area contributed by atoms with E-state index in [9.17, 15) is 9.59 Å². The molecule has 2 rings (SSSR count). The van der Waals surface area contributed by atoms with Gasteiger partial charge in [0.25, 0.3) is 0 Å². The molecule has 0 fully saturated rings. The molecule has 0 aliphatic carbocycles. The molecule has 1 N–H and O–H groups in total. The molecule has 0 heterocycles. The molecule has 5 nitrogen and oxygen atoms in total. The Labute approximate surface area is 174 Å². The fraction of sp³-hybridized carbons (Fsp3) is 0.417. The molecule has 0 aromatic heterocycles. The average molecular weight is 397 g/mol. The second-order valence-corrected chi connectivity index (χ2v) is 7.56. The van der Waals surface area contributed by atoms with Gasteiger partial charge in [0.1, 0.15) is 11.8 Å². The van der Waals surface area contributed by atoms with E-state index in [-0.39, 0.29) is 24.3 Å². The zero-order valence-corrected chi connectivity index (χ0v) is 18.1. The van der Waals surface area contributed by atoms with Crippen molar-refractivity contribution in [2.24, 2.45) is 0 Å². The van der Waals surface area contributed by atoms with Gasteiger partial charge in [-0.15, -0.1) is 0 Å².